The van der Waals surface area contributed by atoms with Crippen LogP contribution in [0, 0.1) is 0 Å². The minimum Gasteiger partial charge on any atom is -0.453 e. The largest absolute Gasteiger partial charge is 0.453 e. The summed E-state index contributed by atoms with van der Waals surface area (Å²) in [7, 11) is 0. The number of ether oxygens (including phenoxy) is 1. The highest BCUT2D eigenvalue weighted by Crippen LogP contribution is 2.47. The molecule has 0 aliphatic carbocycles. The van der Waals surface area contributed by atoms with Gasteiger partial charge in [-0.3, -0.25) is 9.69 Å². The standard InChI is InChI=1S/C25H19N5O2S/c1-2-21(33-25-27-23-22(28-29-25)15-9-3-4-10-16(15)26-23)24(31)30-17-11-5-7-13-19(17)32-20-14-8-6-12-18(20)30/h3-14,21H,2H2,1H3,(H,26,27,29). The zero-order chi connectivity index (χ0) is 22.4. The Bertz CT molecular complexity index is 1470. The van der Waals surface area contributed by atoms with Crippen LogP contribution in [0.2, 0.25) is 0 Å². The van der Waals surface area contributed by atoms with E-state index in [1.807, 2.05) is 79.7 Å². The first-order valence-corrected chi connectivity index (χ1v) is 11.6. The molecule has 3 aromatic carbocycles. The van der Waals surface area contributed by atoms with Crippen LogP contribution < -0.4 is 9.64 Å². The van der Waals surface area contributed by atoms with Crippen molar-refractivity contribution in [2.45, 2.75) is 23.8 Å². The molecule has 0 fully saturated rings. The van der Waals surface area contributed by atoms with E-state index in [2.05, 4.69) is 20.2 Å². The van der Waals surface area contributed by atoms with E-state index in [0.29, 0.717) is 28.7 Å². The third-order valence-electron chi connectivity index (χ3n) is 5.65. The molecule has 8 heteroatoms. The molecule has 0 radical (unpaired) electrons. The lowest BCUT2D eigenvalue weighted by Gasteiger charge is -2.32. The van der Waals surface area contributed by atoms with Gasteiger partial charge in [0.25, 0.3) is 0 Å². The summed E-state index contributed by atoms with van der Waals surface area (Å²) >= 11 is 1.33. The van der Waals surface area contributed by atoms with Crippen molar-refractivity contribution in [3.8, 4) is 11.5 Å². The maximum atomic E-state index is 13.8. The molecular weight excluding hydrogens is 434 g/mol. The van der Waals surface area contributed by atoms with Crippen LogP contribution in [0.5, 0.6) is 11.5 Å². The summed E-state index contributed by atoms with van der Waals surface area (Å²) in [6.07, 6.45) is 0.610. The number of rotatable bonds is 4. The molecule has 1 N–H and O–H groups in total. The van der Waals surface area contributed by atoms with Gasteiger partial charge in [0.15, 0.2) is 17.1 Å². The SMILES string of the molecule is CCC(Sc1nnc2c(n1)[nH]c1ccccc12)C(=O)N1c2ccccc2Oc2ccccc21. The Kier molecular flexibility index (Phi) is 4.73. The molecule has 5 aromatic rings. The van der Waals surface area contributed by atoms with E-state index < -0.39 is 5.25 Å². The van der Waals surface area contributed by atoms with Crippen LogP contribution in [0.3, 0.4) is 0 Å². The number of carbonyl (C=O) groups is 1. The molecule has 0 spiro atoms. The Hall–Kier alpha value is -3.91. The monoisotopic (exact) mass is 453 g/mol. The molecule has 0 saturated carbocycles. The third-order valence-corrected chi connectivity index (χ3v) is 6.85. The third kappa shape index (κ3) is 3.30. The number of carbonyl (C=O) groups excluding carboxylic acids is 1. The van der Waals surface area contributed by atoms with Crippen molar-refractivity contribution in [2.75, 3.05) is 4.90 Å². The van der Waals surface area contributed by atoms with Crippen LogP contribution in [0.1, 0.15) is 13.3 Å². The summed E-state index contributed by atoms with van der Waals surface area (Å²) < 4.78 is 6.03. The number of hydrogen-bond donors (Lipinski definition) is 1. The van der Waals surface area contributed by atoms with Gasteiger partial charge in [0, 0.05) is 10.9 Å². The van der Waals surface area contributed by atoms with Crippen molar-refractivity contribution in [2.24, 2.45) is 0 Å². The summed E-state index contributed by atoms with van der Waals surface area (Å²) in [4.78, 5) is 23.5. The highest BCUT2D eigenvalue weighted by molar-refractivity contribution is 8.00. The number of benzene rings is 3. The average molecular weight is 454 g/mol. The molecule has 1 atom stereocenters. The second-order valence-corrected chi connectivity index (χ2v) is 8.86. The van der Waals surface area contributed by atoms with Crippen molar-refractivity contribution in [1.82, 2.24) is 20.2 Å². The second kappa shape index (κ2) is 7.90. The highest BCUT2D eigenvalue weighted by Gasteiger charge is 2.33. The van der Waals surface area contributed by atoms with Crippen LogP contribution in [0.25, 0.3) is 22.1 Å². The minimum atomic E-state index is -0.396. The lowest BCUT2D eigenvalue weighted by molar-refractivity contribution is -0.117. The van der Waals surface area contributed by atoms with Crippen LogP contribution >= 0.6 is 11.8 Å². The van der Waals surface area contributed by atoms with E-state index >= 15 is 0 Å². The number of H-pyrrole nitrogens is 1. The number of nitrogens with zero attached hydrogens (tertiary/aromatic N) is 4. The molecule has 0 saturated heterocycles. The molecule has 33 heavy (non-hydrogen) atoms. The molecule has 162 valence electrons. The zero-order valence-electron chi connectivity index (χ0n) is 17.7. The lowest BCUT2D eigenvalue weighted by atomic mass is 10.1. The van der Waals surface area contributed by atoms with Gasteiger partial charge >= 0.3 is 0 Å². The summed E-state index contributed by atoms with van der Waals surface area (Å²) in [5.41, 5.74) is 3.81. The van der Waals surface area contributed by atoms with Crippen molar-refractivity contribution >= 4 is 51.1 Å². The van der Waals surface area contributed by atoms with Gasteiger partial charge in [0.1, 0.15) is 5.52 Å². The predicted octanol–water partition coefficient (Wildman–Crippen LogP) is 5.85. The maximum absolute atomic E-state index is 13.8. The number of hydrogen-bond acceptors (Lipinski definition) is 6. The second-order valence-electron chi connectivity index (χ2n) is 7.69. The predicted molar refractivity (Wildman–Crippen MR) is 129 cm³/mol. The van der Waals surface area contributed by atoms with E-state index in [0.717, 1.165) is 27.8 Å². The topological polar surface area (TPSA) is 84.0 Å². The fourth-order valence-electron chi connectivity index (χ4n) is 4.08. The number of aromatic amines is 1. The van der Waals surface area contributed by atoms with E-state index in [1.165, 1.54) is 11.8 Å². The minimum absolute atomic E-state index is 0.0500. The van der Waals surface area contributed by atoms with Crippen LogP contribution in [0.15, 0.2) is 78.0 Å². The Morgan fingerprint density at radius 2 is 1.64 bits per heavy atom. The highest BCUT2D eigenvalue weighted by atomic mass is 32.2. The summed E-state index contributed by atoms with van der Waals surface area (Å²) in [5.74, 6) is 1.26. The first kappa shape index (κ1) is 19.8. The fourth-order valence-corrected chi connectivity index (χ4v) is 4.94. The zero-order valence-corrected chi connectivity index (χ0v) is 18.5. The van der Waals surface area contributed by atoms with E-state index in [4.69, 9.17) is 4.74 Å². The number of aromatic nitrogens is 4. The molecule has 0 bridgehead atoms. The van der Waals surface area contributed by atoms with Crippen LogP contribution in [0.4, 0.5) is 11.4 Å². The molecule has 1 aliphatic rings. The number of para-hydroxylation sites is 5. The van der Waals surface area contributed by atoms with Crippen molar-refractivity contribution in [3.05, 3.63) is 72.8 Å². The molecule has 1 amide bonds. The summed E-state index contributed by atoms with van der Waals surface area (Å²) in [6.45, 7) is 1.99. The normalized spacial score (nSPS) is 13.4. The van der Waals surface area contributed by atoms with Crippen LogP contribution in [-0.2, 0) is 4.79 Å². The number of nitrogens with one attached hydrogen (secondary N) is 1. The molecule has 1 unspecified atom stereocenters. The molecule has 3 heterocycles. The molecule has 7 nitrogen and oxygen atoms in total. The number of fused-ring (bicyclic) bond motifs is 5. The Labute approximate surface area is 193 Å². The number of anilines is 2. The lowest BCUT2D eigenvalue weighted by Crippen LogP contribution is -2.35. The van der Waals surface area contributed by atoms with E-state index in [-0.39, 0.29) is 5.91 Å². The van der Waals surface area contributed by atoms with Gasteiger partial charge in [-0.1, -0.05) is 61.2 Å². The molecule has 2 aromatic heterocycles. The van der Waals surface area contributed by atoms with Crippen molar-refractivity contribution in [3.63, 3.8) is 0 Å². The van der Waals surface area contributed by atoms with Crippen molar-refractivity contribution < 1.29 is 9.53 Å². The Balaban J connectivity index is 1.36. The summed E-state index contributed by atoms with van der Waals surface area (Å²) in [5, 5.41) is 9.76. The average Bonchev–Trinajstić information content (AvgIpc) is 3.23. The molecular formula is C25H19N5O2S. The smallest absolute Gasteiger partial charge is 0.245 e. The van der Waals surface area contributed by atoms with Gasteiger partial charge in [0.2, 0.25) is 11.1 Å². The number of amides is 1. The first-order chi connectivity index (χ1) is 16.2. The summed E-state index contributed by atoms with van der Waals surface area (Å²) in [6, 6.07) is 23.0. The van der Waals surface area contributed by atoms with Gasteiger partial charge < -0.3 is 9.72 Å². The van der Waals surface area contributed by atoms with Gasteiger partial charge in [-0.15, -0.1) is 10.2 Å². The fraction of sp³-hybridized carbons (Fsp3) is 0.120. The van der Waals surface area contributed by atoms with Gasteiger partial charge in [0.05, 0.1) is 16.6 Å². The molecule has 6 rings (SSSR count). The first-order valence-electron chi connectivity index (χ1n) is 10.7. The quantitative estimate of drug-likeness (QED) is 0.344. The maximum Gasteiger partial charge on any atom is 0.245 e. The van der Waals surface area contributed by atoms with Crippen molar-refractivity contribution in [1.29, 1.82) is 0 Å². The van der Waals surface area contributed by atoms with Gasteiger partial charge in [-0.25, -0.2) is 4.98 Å². The van der Waals surface area contributed by atoms with Gasteiger partial charge in [-0.2, -0.15) is 0 Å². The van der Waals surface area contributed by atoms with Crippen LogP contribution in [-0.4, -0.2) is 31.3 Å². The van der Waals surface area contributed by atoms with Gasteiger partial charge in [-0.05, 0) is 36.8 Å². The Morgan fingerprint density at radius 3 is 2.36 bits per heavy atom. The van der Waals surface area contributed by atoms with E-state index in [9.17, 15) is 4.79 Å². The number of thioether (sulfide) groups is 1. The Morgan fingerprint density at radius 1 is 0.970 bits per heavy atom. The molecule has 1 aliphatic heterocycles. The van der Waals surface area contributed by atoms with E-state index in [1.54, 1.807) is 4.90 Å².